The summed E-state index contributed by atoms with van der Waals surface area (Å²) in [6.07, 6.45) is 7.59. The van der Waals surface area contributed by atoms with Gasteiger partial charge in [0.05, 0.1) is 0 Å². The largest absolute Gasteiger partial charge is 0.573 e. The number of hydrogen-bond donors (Lipinski definition) is 1. The first kappa shape index (κ1) is 24.6. The van der Waals surface area contributed by atoms with Crippen molar-refractivity contribution in [2.45, 2.75) is 69.8 Å². The van der Waals surface area contributed by atoms with E-state index in [0.29, 0.717) is 12.6 Å². The van der Waals surface area contributed by atoms with Crippen molar-refractivity contribution in [3.63, 3.8) is 0 Å². The Bertz CT molecular complexity index is 934. The van der Waals surface area contributed by atoms with Gasteiger partial charge in [-0.05, 0) is 94.6 Å². The topological polar surface area (TPSA) is 44.8 Å². The van der Waals surface area contributed by atoms with E-state index in [2.05, 4.69) is 25.9 Å². The van der Waals surface area contributed by atoms with Crippen molar-refractivity contribution in [3.8, 4) is 5.75 Å². The molecule has 0 spiro atoms. The number of fused-ring (bicyclic) bond motifs is 6. The van der Waals surface area contributed by atoms with Crippen LogP contribution in [0.3, 0.4) is 0 Å². The van der Waals surface area contributed by atoms with Gasteiger partial charge in [0.15, 0.2) is 0 Å². The maximum absolute atomic E-state index is 12.4. The van der Waals surface area contributed by atoms with Gasteiger partial charge in [-0.3, -0.25) is 14.6 Å². The molecule has 0 aromatic heterocycles. The van der Waals surface area contributed by atoms with Crippen molar-refractivity contribution in [2.24, 2.45) is 11.8 Å². The number of hydrogen-bond acceptors (Lipinski definition) is 4. The van der Waals surface area contributed by atoms with E-state index in [4.69, 9.17) is 0 Å². The SMILES string of the molecule is O=C(NCCCCN1CCCC2=C[C@H]3C[C@H](CN4CCCC[C@H]34)[C@@H]21)c1cccc(OC(F)(F)F)c1. The quantitative estimate of drug-likeness (QED) is 0.431. The summed E-state index contributed by atoms with van der Waals surface area (Å²) in [7, 11) is 0. The molecule has 1 aliphatic carbocycles. The van der Waals surface area contributed by atoms with Gasteiger partial charge in [0.2, 0.25) is 0 Å². The smallest absolute Gasteiger partial charge is 0.406 e. The predicted octanol–water partition coefficient (Wildman–Crippen LogP) is 4.99. The maximum Gasteiger partial charge on any atom is 0.573 e. The van der Waals surface area contributed by atoms with Crippen molar-refractivity contribution in [1.29, 1.82) is 0 Å². The first-order valence-corrected chi connectivity index (χ1v) is 13.2. The Labute approximate surface area is 205 Å². The Morgan fingerprint density at radius 3 is 2.89 bits per heavy atom. The molecule has 1 aromatic rings. The summed E-state index contributed by atoms with van der Waals surface area (Å²) < 4.78 is 41.2. The number of benzene rings is 1. The molecule has 3 fully saturated rings. The molecule has 0 radical (unpaired) electrons. The van der Waals surface area contributed by atoms with Crippen LogP contribution in [0.25, 0.3) is 0 Å². The molecule has 8 heteroatoms. The summed E-state index contributed by atoms with van der Waals surface area (Å²) in [5.41, 5.74) is 1.85. The zero-order chi connectivity index (χ0) is 24.4. The van der Waals surface area contributed by atoms with E-state index >= 15 is 0 Å². The van der Waals surface area contributed by atoms with Crippen LogP contribution in [0.1, 0.15) is 61.7 Å². The van der Waals surface area contributed by atoms with Crippen molar-refractivity contribution >= 4 is 5.91 Å². The van der Waals surface area contributed by atoms with Gasteiger partial charge < -0.3 is 10.1 Å². The molecule has 2 bridgehead atoms. The highest BCUT2D eigenvalue weighted by Gasteiger charge is 2.45. The number of carbonyl (C=O) groups is 1. The highest BCUT2D eigenvalue weighted by atomic mass is 19.4. The van der Waals surface area contributed by atoms with Crippen LogP contribution in [0.4, 0.5) is 13.2 Å². The molecule has 5 rings (SSSR count). The predicted molar refractivity (Wildman–Crippen MR) is 128 cm³/mol. The molecule has 0 saturated carbocycles. The molecule has 3 heterocycles. The van der Waals surface area contributed by atoms with Crippen LogP contribution in [-0.4, -0.2) is 66.9 Å². The minimum absolute atomic E-state index is 0.169. The lowest BCUT2D eigenvalue weighted by Crippen LogP contribution is -2.59. The molecule has 192 valence electrons. The molecule has 1 amide bonds. The molecule has 1 aromatic carbocycles. The zero-order valence-electron chi connectivity index (χ0n) is 20.2. The number of ether oxygens (including phenoxy) is 1. The lowest BCUT2D eigenvalue weighted by Gasteiger charge is -2.55. The Kier molecular flexibility index (Phi) is 7.39. The van der Waals surface area contributed by atoms with Crippen molar-refractivity contribution in [1.82, 2.24) is 15.1 Å². The van der Waals surface area contributed by atoms with Gasteiger partial charge in [0.25, 0.3) is 5.91 Å². The number of rotatable bonds is 7. The minimum Gasteiger partial charge on any atom is -0.406 e. The van der Waals surface area contributed by atoms with Crippen LogP contribution in [0, 0.1) is 11.8 Å². The molecule has 0 unspecified atom stereocenters. The van der Waals surface area contributed by atoms with Crippen LogP contribution >= 0.6 is 0 Å². The Morgan fingerprint density at radius 2 is 2.03 bits per heavy atom. The Hall–Kier alpha value is -2.06. The van der Waals surface area contributed by atoms with Gasteiger partial charge in [-0.25, -0.2) is 0 Å². The second-order valence-electron chi connectivity index (χ2n) is 10.6. The van der Waals surface area contributed by atoms with E-state index in [1.807, 2.05) is 0 Å². The second-order valence-corrected chi connectivity index (χ2v) is 10.6. The lowest BCUT2D eigenvalue weighted by atomic mass is 9.68. The van der Waals surface area contributed by atoms with Crippen molar-refractivity contribution in [2.75, 3.05) is 32.7 Å². The Balaban J connectivity index is 1.10. The van der Waals surface area contributed by atoms with Crippen LogP contribution < -0.4 is 10.1 Å². The fraction of sp³-hybridized carbons (Fsp3) is 0.667. The zero-order valence-corrected chi connectivity index (χ0v) is 20.2. The standard InChI is InChI=1S/C27H36F3N3O2/c28-27(29,30)35-23-9-5-7-20(17-23)26(34)31-11-2-4-12-32-14-6-8-19-15-21-16-22(25(19)32)18-33-13-3-1-10-24(21)33/h5,7,9,15,17,21-22,24-25H,1-4,6,8,10-14,16,18H2,(H,31,34)/t21-,22+,24+,25+/m0/s1. The number of nitrogens with zero attached hydrogens (tertiary/aromatic N) is 2. The number of piperidine rings is 3. The number of nitrogens with one attached hydrogen (secondary N) is 1. The summed E-state index contributed by atoms with van der Waals surface area (Å²) >= 11 is 0. The van der Waals surface area contributed by atoms with E-state index < -0.39 is 6.36 Å². The first-order chi connectivity index (χ1) is 16.9. The minimum atomic E-state index is -4.77. The molecule has 4 atom stereocenters. The summed E-state index contributed by atoms with van der Waals surface area (Å²) in [5.74, 6) is 0.723. The third-order valence-corrected chi connectivity index (χ3v) is 8.25. The van der Waals surface area contributed by atoms with Crippen LogP contribution in [0.5, 0.6) is 5.75 Å². The molecule has 35 heavy (non-hydrogen) atoms. The van der Waals surface area contributed by atoms with E-state index in [-0.39, 0.29) is 17.2 Å². The summed E-state index contributed by atoms with van der Waals surface area (Å²) in [4.78, 5) is 17.8. The monoisotopic (exact) mass is 491 g/mol. The van der Waals surface area contributed by atoms with Gasteiger partial charge in [-0.15, -0.1) is 13.2 Å². The normalized spacial score (nSPS) is 29.1. The van der Waals surface area contributed by atoms with Crippen molar-refractivity contribution in [3.05, 3.63) is 41.5 Å². The molecule has 3 aliphatic heterocycles. The van der Waals surface area contributed by atoms with Crippen LogP contribution in [0.2, 0.25) is 0 Å². The van der Waals surface area contributed by atoms with Crippen LogP contribution in [-0.2, 0) is 0 Å². The Morgan fingerprint density at radius 1 is 1.14 bits per heavy atom. The van der Waals surface area contributed by atoms with Crippen molar-refractivity contribution < 1.29 is 22.7 Å². The highest BCUT2D eigenvalue weighted by molar-refractivity contribution is 5.94. The fourth-order valence-corrected chi connectivity index (χ4v) is 6.91. The number of likely N-dealkylation sites (tertiary alicyclic amines) is 1. The molecular weight excluding hydrogens is 455 g/mol. The van der Waals surface area contributed by atoms with Gasteiger partial charge in [0.1, 0.15) is 5.75 Å². The number of halogens is 3. The van der Waals surface area contributed by atoms with E-state index in [9.17, 15) is 18.0 Å². The molecular formula is C27H36F3N3O2. The van der Waals surface area contributed by atoms with E-state index in [1.165, 1.54) is 69.8 Å². The molecule has 1 N–H and O–H groups in total. The van der Waals surface area contributed by atoms with Gasteiger partial charge in [-0.1, -0.05) is 24.1 Å². The average molecular weight is 492 g/mol. The van der Waals surface area contributed by atoms with E-state index in [1.54, 1.807) is 5.57 Å². The van der Waals surface area contributed by atoms with Gasteiger partial charge in [0, 0.05) is 30.7 Å². The first-order valence-electron chi connectivity index (χ1n) is 13.2. The lowest BCUT2D eigenvalue weighted by molar-refractivity contribution is -0.274. The number of carbonyl (C=O) groups excluding carboxylic acids is 1. The van der Waals surface area contributed by atoms with Crippen LogP contribution in [0.15, 0.2) is 35.9 Å². The number of unbranched alkanes of at least 4 members (excludes halogenated alkanes) is 1. The van der Waals surface area contributed by atoms with Gasteiger partial charge >= 0.3 is 6.36 Å². The summed E-state index contributed by atoms with van der Waals surface area (Å²) in [6.45, 7) is 5.18. The number of amides is 1. The molecule has 5 nitrogen and oxygen atoms in total. The highest BCUT2D eigenvalue weighted by Crippen LogP contribution is 2.45. The number of alkyl halides is 3. The summed E-state index contributed by atoms with van der Waals surface area (Å²) in [6, 6.07) is 6.55. The third kappa shape index (κ3) is 5.85. The maximum atomic E-state index is 12.4. The molecule has 4 aliphatic rings. The van der Waals surface area contributed by atoms with E-state index in [0.717, 1.165) is 49.9 Å². The average Bonchev–Trinajstić information content (AvgIpc) is 2.83. The third-order valence-electron chi connectivity index (χ3n) is 8.25. The second kappa shape index (κ2) is 10.5. The van der Waals surface area contributed by atoms with Gasteiger partial charge in [-0.2, -0.15) is 0 Å². The fourth-order valence-electron chi connectivity index (χ4n) is 6.91. The molecule has 3 saturated heterocycles. The summed E-state index contributed by atoms with van der Waals surface area (Å²) in [5, 5.41) is 2.84.